The number of nitrogens with zero attached hydrogens (tertiary/aromatic N) is 2. The minimum absolute atomic E-state index is 0.103. The highest BCUT2D eigenvalue weighted by atomic mass is 19.4. The quantitative estimate of drug-likeness (QED) is 0.435. The SMILES string of the molecule is Cc1ccccc1N=Nc1ccc(NC(=O)C(F)(F)C(F)(F)C(F)(F)F)c(C)c1. The molecule has 29 heavy (non-hydrogen) atoms. The van der Waals surface area contributed by atoms with Gasteiger partial charge in [0, 0.05) is 5.69 Å². The second-order valence-electron chi connectivity index (χ2n) is 6.09. The summed E-state index contributed by atoms with van der Waals surface area (Å²) in [6.45, 7) is 3.12. The number of hydrogen-bond acceptors (Lipinski definition) is 3. The first-order valence-corrected chi connectivity index (χ1v) is 7.99. The first-order chi connectivity index (χ1) is 13.3. The molecule has 0 saturated heterocycles. The third-order valence-corrected chi connectivity index (χ3v) is 3.88. The molecule has 0 radical (unpaired) electrons. The second-order valence-corrected chi connectivity index (χ2v) is 6.09. The van der Waals surface area contributed by atoms with E-state index in [1.54, 1.807) is 31.2 Å². The number of halogens is 7. The molecule has 1 N–H and O–H groups in total. The van der Waals surface area contributed by atoms with Crippen LogP contribution in [-0.4, -0.2) is 23.9 Å². The van der Waals surface area contributed by atoms with Crippen LogP contribution in [0, 0.1) is 13.8 Å². The third kappa shape index (κ3) is 4.54. The van der Waals surface area contributed by atoms with Crippen molar-refractivity contribution in [3.05, 3.63) is 53.6 Å². The van der Waals surface area contributed by atoms with Gasteiger partial charge in [0.15, 0.2) is 0 Å². The Morgan fingerprint density at radius 2 is 1.48 bits per heavy atom. The van der Waals surface area contributed by atoms with Crippen molar-refractivity contribution in [3.8, 4) is 0 Å². The molecule has 1 amide bonds. The molecule has 0 aliphatic rings. The van der Waals surface area contributed by atoms with E-state index in [-0.39, 0.29) is 16.9 Å². The van der Waals surface area contributed by atoms with Gasteiger partial charge in [-0.25, -0.2) is 0 Å². The molecule has 2 aromatic rings. The van der Waals surface area contributed by atoms with Crippen molar-refractivity contribution in [2.45, 2.75) is 31.9 Å². The van der Waals surface area contributed by atoms with Crippen molar-refractivity contribution in [2.75, 3.05) is 5.32 Å². The number of carbonyl (C=O) groups excluding carboxylic acids is 1. The summed E-state index contributed by atoms with van der Waals surface area (Å²) in [5.74, 6) is -15.3. The zero-order chi connectivity index (χ0) is 22.0. The topological polar surface area (TPSA) is 53.8 Å². The third-order valence-electron chi connectivity index (χ3n) is 3.88. The fourth-order valence-corrected chi connectivity index (χ4v) is 2.16. The van der Waals surface area contributed by atoms with Gasteiger partial charge in [-0.05, 0) is 49.2 Å². The first-order valence-electron chi connectivity index (χ1n) is 7.99. The lowest BCUT2D eigenvalue weighted by molar-refractivity contribution is -0.343. The summed E-state index contributed by atoms with van der Waals surface area (Å²) in [6, 6.07) is 10.6. The number of amides is 1. The molecule has 11 heteroatoms. The average Bonchev–Trinajstić information content (AvgIpc) is 2.61. The van der Waals surface area contributed by atoms with E-state index in [0.717, 1.165) is 11.6 Å². The number of anilines is 1. The predicted molar refractivity (Wildman–Crippen MR) is 91.1 cm³/mol. The van der Waals surface area contributed by atoms with Crippen LogP contribution in [0.15, 0.2) is 52.7 Å². The molecule has 4 nitrogen and oxygen atoms in total. The first kappa shape index (κ1) is 22.3. The summed E-state index contributed by atoms with van der Waals surface area (Å²) in [4.78, 5) is 11.4. The van der Waals surface area contributed by atoms with Crippen LogP contribution in [0.5, 0.6) is 0 Å². The molecule has 0 atom stereocenters. The maximum Gasteiger partial charge on any atom is 0.460 e. The van der Waals surface area contributed by atoms with E-state index < -0.39 is 23.9 Å². The Morgan fingerprint density at radius 1 is 0.862 bits per heavy atom. The van der Waals surface area contributed by atoms with Crippen LogP contribution in [0.25, 0.3) is 0 Å². The lowest BCUT2D eigenvalue weighted by Gasteiger charge is -2.27. The summed E-state index contributed by atoms with van der Waals surface area (Å²) in [5.41, 5.74) is 1.38. The van der Waals surface area contributed by atoms with E-state index >= 15 is 0 Å². The molecule has 0 heterocycles. The van der Waals surface area contributed by atoms with Crippen molar-refractivity contribution < 1.29 is 35.5 Å². The van der Waals surface area contributed by atoms with Gasteiger partial charge in [-0.2, -0.15) is 41.0 Å². The molecule has 2 rings (SSSR count). The second kappa shape index (κ2) is 7.80. The summed E-state index contributed by atoms with van der Waals surface area (Å²) in [7, 11) is 0. The molecule has 156 valence electrons. The van der Waals surface area contributed by atoms with Crippen LogP contribution < -0.4 is 5.32 Å². The lowest BCUT2D eigenvalue weighted by atomic mass is 10.1. The fourth-order valence-electron chi connectivity index (χ4n) is 2.16. The van der Waals surface area contributed by atoms with Crippen molar-refractivity contribution in [2.24, 2.45) is 10.2 Å². The highest BCUT2D eigenvalue weighted by Crippen LogP contribution is 2.47. The number of benzene rings is 2. The molecule has 2 aromatic carbocycles. The van der Waals surface area contributed by atoms with Gasteiger partial charge in [0.1, 0.15) is 0 Å². The molecule has 0 fully saturated rings. The lowest BCUT2D eigenvalue weighted by Crippen LogP contribution is -2.57. The molecular formula is C18H14F7N3O. The van der Waals surface area contributed by atoms with E-state index in [0.29, 0.717) is 5.69 Å². The van der Waals surface area contributed by atoms with Crippen LogP contribution in [0.1, 0.15) is 11.1 Å². The summed E-state index contributed by atoms with van der Waals surface area (Å²) >= 11 is 0. The number of nitrogens with one attached hydrogen (secondary N) is 1. The van der Waals surface area contributed by atoms with Gasteiger partial charge in [-0.1, -0.05) is 18.2 Å². The van der Waals surface area contributed by atoms with Gasteiger partial charge >= 0.3 is 23.9 Å². The Bertz CT molecular complexity index is 939. The predicted octanol–water partition coefficient (Wildman–Crippen LogP) is 6.49. The average molecular weight is 421 g/mol. The zero-order valence-corrected chi connectivity index (χ0v) is 15.0. The number of azo groups is 1. The van der Waals surface area contributed by atoms with Crippen molar-refractivity contribution in [1.82, 2.24) is 0 Å². The zero-order valence-electron chi connectivity index (χ0n) is 15.0. The summed E-state index contributed by atoms with van der Waals surface area (Å²) in [5, 5.41) is 9.33. The molecule has 0 aromatic heterocycles. The van der Waals surface area contributed by atoms with E-state index in [9.17, 15) is 35.5 Å². The molecular weight excluding hydrogens is 407 g/mol. The normalized spacial score (nSPS) is 13.0. The maximum atomic E-state index is 13.4. The standard InChI is InChI=1S/C18H14F7N3O/c1-10-5-3-4-6-14(10)28-27-12-7-8-13(11(2)9-12)26-15(29)16(19,20)17(21,22)18(23,24)25/h3-9H,1-2H3,(H,26,29). The van der Waals surface area contributed by atoms with E-state index in [1.165, 1.54) is 24.4 Å². The monoisotopic (exact) mass is 421 g/mol. The number of hydrogen-bond donors (Lipinski definition) is 1. The van der Waals surface area contributed by atoms with Gasteiger partial charge < -0.3 is 5.32 Å². The molecule has 0 unspecified atom stereocenters. The Kier molecular flexibility index (Phi) is 6.00. The minimum atomic E-state index is -6.59. The molecule has 0 spiro atoms. The number of alkyl halides is 7. The summed E-state index contributed by atoms with van der Waals surface area (Å²) < 4.78 is 89.3. The van der Waals surface area contributed by atoms with Gasteiger partial charge in [0.2, 0.25) is 0 Å². The highest BCUT2D eigenvalue weighted by molar-refractivity contribution is 5.97. The van der Waals surface area contributed by atoms with E-state index in [4.69, 9.17) is 0 Å². The maximum absolute atomic E-state index is 13.4. The summed E-state index contributed by atoms with van der Waals surface area (Å²) in [6.07, 6.45) is -6.59. The van der Waals surface area contributed by atoms with E-state index in [1.807, 2.05) is 0 Å². The Hall–Kier alpha value is -2.98. The Labute approximate surface area is 160 Å². The molecule has 0 saturated carbocycles. The van der Waals surface area contributed by atoms with Crippen molar-refractivity contribution in [3.63, 3.8) is 0 Å². The van der Waals surface area contributed by atoms with Gasteiger partial charge in [-0.15, -0.1) is 0 Å². The van der Waals surface area contributed by atoms with Gasteiger partial charge in [0.05, 0.1) is 11.4 Å². The molecule has 0 aliphatic carbocycles. The molecule has 0 aliphatic heterocycles. The van der Waals surface area contributed by atoms with E-state index in [2.05, 4.69) is 10.2 Å². The largest absolute Gasteiger partial charge is 0.460 e. The van der Waals surface area contributed by atoms with Crippen LogP contribution >= 0.6 is 0 Å². The molecule has 0 bridgehead atoms. The number of rotatable bonds is 5. The van der Waals surface area contributed by atoms with Crippen molar-refractivity contribution in [1.29, 1.82) is 0 Å². The van der Waals surface area contributed by atoms with Crippen LogP contribution in [-0.2, 0) is 4.79 Å². The Balaban J connectivity index is 2.21. The minimum Gasteiger partial charge on any atom is -0.320 e. The highest BCUT2D eigenvalue weighted by Gasteiger charge is 2.76. The van der Waals surface area contributed by atoms with Gasteiger partial charge in [0.25, 0.3) is 0 Å². The van der Waals surface area contributed by atoms with Crippen molar-refractivity contribution >= 4 is 23.0 Å². The fraction of sp³-hybridized carbons (Fsp3) is 0.278. The van der Waals surface area contributed by atoms with Crippen LogP contribution in [0.2, 0.25) is 0 Å². The van der Waals surface area contributed by atoms with Crippen LogP contribution in [0.3, 0.4) is 0 Å². The Morgan fingerprint density at radius 3 is 2.03 bits per heavy atom. The number of aryl methyl sites for hydroxylation is 2. The van der Waals surface area contributed by atoms with Gasteiger partial charge in [-0.3, -0.25) is 4.79 Å². The number of carbonyl (C=O) groups is 1. The smallest absolute Gasteiger partial charge is 0.320 e. The van der Waals surface area contributed by atoms with Crippen LogP contribution in [0.4, 0.5) is 47.8 Å².